The van der Waals surface area contributed by atoms with E-state index in [0.29, 0.717) is 6.04 Å². The second-order valence-electron chi connectivity index (χ2n) is 4.07. The molecule has 2 rings (SSSR count). The van der Waals surface area contributed by atoms with Gasteiger partial charge in [0.25, 0.3) is 0 Å². The number of nitrogens with one attached hydrogen (secondary N) is 1. The van der Waals surface area contributed by atoms with Crippen molar-refractivity contribution in [1.82, 2.24) is 5.32 Å². The molecular weight excluding hydrogens is 182 g/mol. The highest BCUT2D eigenvalue weighted by molar-refractivity contribution is 5.86. The normalized spacial score (nSPS) is 13.0. The summed E-state index contributed by atoms with van der Waals surface area (Å²) < 4.78 is 0. The number of hydrogen-bond acceptors (Lipinski definition) is 1. The van der Waals surface area contributed by atoms with Crippen molar-refractivity contribution in [1.29, 1.82) is 0 Å². The summed E-state index contributed by atoms with van der Waals surface area (Å²) >= 11 is 0. The quantitative estimate of drug-likeness (QED) is 0.781. The van der Waals surface area contributed by atoms with E-state index in [1.807, 2.05) is 7.05 Å². The van der Waals surface area contributed by atoms with E-state index in [-0.39, 0.29) is 0 Å². The van der Waals surface area contributed by atoms with Crippen LogP contribution in [-0.2, 0) is 0 Å². The fraction of sp³-hybridized carbons (Fsp3) is 0.286. The molecule has 1 atom stereocenters. The monoisotopic (exact) mass is 199 g/mol. The van der Waals surface area contributed by atoms with Gasteiger partial charge < -0.3 is 5.32 Å². The van der Waals surface area contributed by atoms with Crippen molar-refractivity contribution in [2.45, 2.75) is 19.9 Å². The first kappa shape index (κ1) is 10.2. The van der Waals surface area contributed by atoms with E-state index in [1.165, 1.54) is 21.9 Å². The highest BCUT2D eigenvalue weighted by Crippen LogP contribution is 2.23. The largest absolute Gasteiger partial charge is 0.313 e. The maximum Gasteiger partial charge on any atom is 0.0289 e. The van der Waals surface area contributed by atoms with E-state index >= 15 is 0 Å². The molecule has 2 aromatic rings. The van der Waals surface area contributed by atoms with E-state index < -0.39 is 0 Å². The molecule has 15 heavy (non-hydrogen) atoms. The van der Waals surface area contributed by atoms with Crippen molar-refractivity contribution in [2.75, 3.05) is 7.05 Å². The summed E-state index contributed by atoms with van der Waals surface area (Å²) in [6.07, 6.45) is 0. The molecule has 0 spiro atoms. The Balaban J connectivity index is 2.62. The molecule has 0 amide bonds. The number of benzene rings is 2. The van der Waals surface area contributed by atoms with Gasteiger partial charge in [0, 0.05) is 6.04 Å². The van der Waals surface area contributed by atoms with E-state index in [2.05, 4.69) is 55.6 Å². The van der Waals surface area contributed by atoms with Gasteiger partial charge in [-0.15, -0.1) is 0 Å². The van der Waals surface area contributed by atoms with Gasteiger partial charge in [-0.1, -0.05) is 30.3 Å². The molecule has 0 bridgehead atoms. The minimum absolute atomic E-state index is 0.410. The molecule has 0 saturated heterocycles. The zero-order valence-electron chi connectivity index (χ0n) is 9.54. The van der Waals surface area contributed by atoms with Gasteiger partial charge in [0.2, 0.25) is 0 Å². The molecule has 0 radical (unpaired) electrons. The van der Waals surface area contributed by atoms with Gasteiger partial charge in [0.15, 0.2) is 0 Å². The zero-order chi connectivity index (χ0) is 10.8. The van der Waals surface area contributed by atoms with Crippen LogP contribution in [0.4, 0.5) is 0 Å². The molecule has 0 aromatic heterocycles. The number of rotatable bonds is 2. The highest BCUT2D eigenvalue weighted by Gasteiger charge is 2.05. The van der Waals surface area contributed by atoms with Crippen LogP contribution in [0, 0.1) is 6.92 Å². The molecule has 1 nitrogen and oxygen atoms in total. The molecule has 0 fully saturated rings. The Hall–Kier alpha value is -1.34. The van der Waals surface area contributed by atoms with Crippen LogP contribution >= 0.6 is 0 Å². The third kappa shape index (κ3) is 1.88. The average Bonchev–Trinajstić information content (AvgIpc) is 2.28. The lowest BCUT2D eigenvalue weighted by molar-refractivity contribution is 0.653. The summed E-state index contributed by atoms with van der Waals surface area (Å²) in [5, 5.41) is 5.95. The lowest BCUT2D eigenvalue weighted by atomic mass is 9.99. The van der Waals surface area contributed by atoms with Crippen molar-refractivity contribution >= 4 is 10.8 Å². The highest BCUT2D eigenvalue weighted by atomic mass is 14.8. The van der Waals surface area contributed by atoms with E-state index in [9.17, 15) is 0 Å². The first-order chi connectivity index (χ1) is 7.22. The first-order valence-corrected chi connectivity index (χ1v) is 5.39. The summed E-state index contributed by atoms with van der Waals surface area (Å²) in [5.74, 6) is 0. The first-order valence-electron chi connectivity index (χ1n) is 5.39. The van der Waals surface area contributed by atoms with Crippen molar-refractivity contribution in [2.24, 2.45) is 0 Å². The van der Waals surface area contributed by atoms with Crippen LogP contribution in [-0.4, -0.2) is 7.05 Å². The van der Waals surface area contributed by atoms with Gasteiger partial charge in [0.05, 0.1) is 0 Å². The average molecular weight is 199 g/mol. The summed E-state index contributed by atoms with van der Waals surface area (Å²) in [6, 6.07) is 13.5. The fourth-order valence-electron chi connectivity index (χ4n) is 1.95. The number of aryl methyl sites for hydroxylation is 1. The third-order valence-corrected chi connectivity index (χ3v) is 3.02. The van der Waals surface area contributed by atoms with E-state index in [1.54, 1.807) is 0 Å². The van der Waals surface area contributed by atoms with E-state index in [0.717, 1.165) is 0 Å². The molecule has 2 aromatic carbocycles. The van der Waals surface area contributed by atoms with Gasteiger partial charge in [-0.3, -0.25) is 0 Å². The fourth-order valence-corrected chi connectivity index (χ4v) is 1.95. The van der Waals surface area contributed by atoms with Crippen molar-refractivity contribution in [3.63, 3.8) is 0 Å². The van der Waals surface area contributed by atoms with Crippen molar-refractivity contribution < 1.29 is 0 Å². The van der Waals surface area contributed by atoms with Gasteiger partial charge in [-0.2, -0.15) is 0 Å². The Kier molecular flexibility index (Phi) is 2.74. The topological polar surface area (TPSA) is 12.0 Å². The lowest BCUT2D eigenvalue weighted by Gasteiger charge is -2.13. The van der Waals surface area contributed by atoms with Gasteiger partial charge in [-0.25, -0.2) is 0 Å². The Bertz CT molecular complexity index is 474. The van der Waals surface area contributed by atoms with Crippen LogP contribution in [0.1, 0.15) is 24.1 Å². The minimum atomic E-state index is 0.410. The maximum atomic E-state index is 3.27. The van der Waals surface area contributed by atoms with Crippen LogP contribution in [0.25, 0.3) is 10.8 Å². The van der Waals surface area contributed by atoms with Gasteiger partial charge in [0.1, 0.15) is 0 Å². The van der Waals surface area contributed by atoms with Crippen molar-refractivity contribution in [3.05, 3.63) is 47.5 Å². The van der Waals surface area contributed by atoms with E-state index in [4.69, 9.17) is 0 Å². The van der Waals surface area contributed by atoms with Gasteiger partial charge in [-0.05, 0) is 48.9 Å². The smallest absolute Gasteiger partial charge is 0.0289 e. The third-order valence-electron chi connectivity index (χ3n) is 3.02. The molecule has 1 N–H and O–H groups in total. The Morgan fingerprint density at radius 1 is 1.13 bits per heavy atom. The second-order valence-corrected chi connectivity index (χ2v) is 4.07. The number of fused-ring (bicyclic) bond motifs is 1. The Labute approximate surface area is 91.1 Å². The predicted octanol–water partition coefficient (Wildman–Crippen LogP) is 3.43. The summed E-state index contributed by atoms with van der Waals surface area (Å²) in [4.78, 5) is 0. The minimum Gasteiger partial charge on any atom is -0.313 e. The lowest BCUT2D eigenvalue weighted by Crippen LogP contribution is -2.12. The second kappa shape index (κ2) is 4.03. The summed E-state index contributed by atoms with van der Waals surface area (Å²) in [7, 11) is 2.00. The van der Waals surface area contributed by atoms with Crippen LogP contribution in [0.15, 0.2) is 36.4 Å². The summed E-state index contributed by atoms with van der Waals surface area (Å²) in [5.41, 5.74) is 2.71. The molecule has 1 heteroatoms. The molecule has 0 aliphatic heterocycles. The maximum absolute atomic E-state index is 3.27. The van der Waals surface area contributed by atoms with Crippen LogP contribution in [0.3, 0.4) is 0 Å². The Morgan fingerprint density at radius 3 is 2.60 bits per heavy atom. The summed E-state index contributed by atoms with van der Waals surface area (Å²) in [6.45, 7) is 4.36. The zero-order valence-corrected chi connectivity index (χ0v) is 9.54. The van der Waals surface area contributed by atoms with Crippen LogP contribution in [0.2, 0.25) is 0 Å². The molecule has 0 aliphatic rings. The molecule has 0 heterocycles. The SMILES string of the molecule is CNC(C)c1cc(C)c2ccccc2c1. The molecule has 0 saturated carbocycles. The molecular formula is C14H17N. The number of hydrogen-bond donors (Lipinski definition) is 1. The Morgan fingerprint density at radius 2 is 1.87 bits per heavy atom. The predicted molar refractivity (Wildman–Crippen MR) is 66.2 cm³/mol. The van der Waals surface area contributed by atoms with Crippen molar-refractivity contribution in [3.8, 4) is 0 Å². The van der Waals surface area contributed by atoms with Gasteiger partial charge >= 0.3 is 0 Å². The van der Waals surface area contributed by atoms with Crippen LogP contribution in [0.5, 0.6) is 0 Å². The molecule has 0 aliphatic carbocycles. The molecule has 78 valence electrons. The standard InChI is InChI=1S/C14H17N/c1-10-8-13(11(2)15-3)9-12-6-4-5-7-14(10)12/h4-9,11,15H,1-3H3. The van der Waals surface area contributed by atoms with Crippen LogP contribution < -0.4 is 5.32 Å². The molecule has 1 unspecified atom stereocenters.